The Morgan fingerprint density at radius 1 is 1.08 bits per heavy atom. The first-order valence-corrected chi connectivity index (χ1v) is 7.87. The zero-order chi connectivity index (χ0) is 18.4. The van der Waals surface area contributed by atoms with Crippen LogP contribution in [0.15, 0.2) is 60.8 Å². The van der Waals surface area contributed by atoms with Gasteiger partial charge in [-0.2, -0.15) is 5.26 Å². The van der Waals surface area contributed by atoms with Crippen molar-refractivity contribution in [1.82, 2.24) is 15.3 Å². The van der Waals surface area contributed by atoms with E-state index in [0.717, 1.165) is 16.9 Å². The number of nitriles is 1. The summed E-state index contributed by atoms with van der Waals surface area (Å²) >= 11 is 0. The molecule has 1 aromatic heterocycles. The van der Waals surface area contributed by atoms with Crippen molar-refractivity contribution in [2.75, 3.05) is 17.6 Å². The van der Waals surface area contributed by atoms with Crippen LogP contribution in [-0.4, -0.2) is 22.4 Å². The number of aromatic nitrogens is 2. The van der Waals surface area contributed by atoms with Crippen LogP contribution in [-0.2, 0) is 0 Å². The molecule has 7 heteroatoms. The van der Waals surface area contributed by atoms with Crippen molar-refractivity contribution in [1.29, 1.82) is 5.26 Å². The number of benzene rings is 2. The average molecular weight is 344 g/mol. The second-order valence-corrected chi connectivity index (χ2v) is 5.43. The molecule has 128 valence electrons. The number of nitrogens with one attached hydrogen (secondary N) is 2. The fraction of sp³-hybridized carbons (Fsp3) is 0.0526. The first-order chi connectivity index (χ1) is 12.7. The van der Waals surface area contributed by atoms with Crippen molar-refractivity contribution in [3.63, 3.8) is 0 Å². The predicted octanol–water partition coefficient (Wildman–Crippen LogP) is 2.72. The summed E-state index contributed by atoms with van der Waals surface area (Å²) < 4.78 is 0. The Morgan fingerprint density at radius 2 is 1.81 bits per heavy atom. The SMILES string of the molecule is N#CCNC(=O)c1ccc(-c2ccnc(Nc3ccc(N)cc3)n2)cc1. The molecule has 0 unspecified atom stereocenters. The van der Waals surface area contributed by atoms with E-state index in [2.05, 4.69) is 20.6 Å². The first-order valence-electron chi connectivity index (χ1n) is 7.87. The van der Waals surface area contributed by atoms with Crippen molar-refractivity contribution in [2.45, 2.75) is 0 Å². The van der Waals surface area contributed by atoms with E-state index in [1.54, 1.807) is 48.7 Å². The fourth-order valence-corrected chi connectivity index (χ4v) is 2.29. The molecule has 0 spiro atoms. The lowest BCUT2D eigenvalue weighted by atomic mass is 10.1. The Labute approximate surface area is 150 Å². The van der Waals surface area contributed by atoms with Gasteiger partial charge in [0.2, 0.25) is 5.95 Å². The van der Waals surface area contributed by atoms with E-state index < -0.39 is 0 Å². The van der Waals surface area contributed by atoms with Gasteiger partial charge in [-0.05, 0) is 42.5 Å². The zero-order valence-electron chi connectivity index (χ0n) is 13.8. The predicted molar refractivity (Wildman–Crippen MR) is 99.6 cm³/mol. The summed E-state index contributed by atoms with van der Waals surface area (Å²) in [6, 6.07) is 17.9. The van der Waals surface area contributed by atoms with Crippen LogP contribution in [0.3, 0.4) is 0 Å². The number of nitrogens with two attached hydrogens (primary N) is 1. The molecule has 0 radical (unpaired) electrons. The molecular weight excluding hydrogens is 328 g/mol. The van der Waals surface area contributed by atoms with Crippen molar-refractivity contribution in [3.05, 3.63) is 66.4 Å². The van der Waals surface area contributed by atoms with E-state index in [0.29, 0.717) is 17.2 Å². The largest absolute Gasteiger partial charge is 0.399 e. The summed E-state index contributed by atoms with van der Waals surface area (Å²) in [6.45, 7) is -0.0212. The third-order valence-corrected chi connectivity index (χ3v) is 3.59. The Hall–Kier alpha value is -3.92. The molecule has 0 saturated heterocycles. The zero-order valence-corrected chi connectivity index (χ0v) is 13.8. The summed E-state index contributed by atoms with van der Waals surface area (Å²) in [6.07, 6.45) is 1.66. The van der Waals surface area contributed by atoms with Gasteiger partial charge in [0.25, 0.3) is 5.91 Å². The molecular formula is C19H16N6O. The topological polar surface area (TPSA) is 117 Å². The maximum absolute atomic E-state index is 11.8. The number of hydrogen-bond acceptors (Lipinski definition) is 6. The first kappa shape index (κ1) is 16.9. The summed E-state index contributed by atoms with van der Waals surface area (Å²) in [4.78, 5) is 20.5. The standard InChI is InChI=1S/C19H16N6O/c20-10-12-22-18(26)14-3-1-13(2-4-14)17-9-11-23-19(25-17)24-16-7-5-15(21)6-8-16/h1-9,11H,12,21H2,(H,22,26)(H,23,24,25). The molecule has 1 amide bonds. The smallest absolute Gasteiger partial charge is 0.252 e. The van der Waals surface area contributed by atoms with E-state index >= 15 is 0 Å². The maximum atomic E-state index is 11.8. The number of hydrogen-bond donors (Lipinski definition) is 3. The molecule has 0 bridgehead atoms. The number of carbonyl (C=O) groups is 1. The van der Waals surface area contributed by atoms with Gasteiger partial charge in [0.15, 0.2) is 0 Å². The highest BCUT2D eigenvalue weighted by Crippen LogP contribution is 2.20. The normalized spacial score (nSPS) is 9.96. The second kappa shape index (κ2) is 7.77. The monoisotopic (exact) mass is 344 g/mol. The number of nitrogens with zero attached hydrogens (tertiary/aromatic N) is 3. The van der Waals surface area contributed by atoms with Gasteiger partial charge in [0, 0.05) is 28.7 Å². The van der Waals surface area contributed by atoms with Crippen molar-refractivity contribution >= 4 is 23.2 Å². The van der Waals surface area contributed by atoms with Crippen LogP contribution in [0, 0.1) is 11.3 Å². The van der Waals surface area contributed by atoms with Crippen LogP contribution in [0.4, 0.5) is 17.3 Å². The molecule has 0 fully saturated rings. The van der Waals surface area contributed by atoms with Crippen LogP contribution < -0.4 is 16.4 Å². The summed E-state index contributed by atoms with van der Waals surface area (Å²) in [5, 5.41) is 14.1. The van der Waals surface area contributed by atoms with E-state index in [1.165, 1.54) is 0 Å². The lowest BCUT2D eigenvalue weighted by molar-refractivity contribution is 0.0958. The van der Waals surface area contributed by atoms with E-state index in [1.807, 2.05) is 18.2 Å². The van der Waals surface area contributed by atoms with E-state index in [9.17, 15) is 4.79 Å². The lowest BCUT2D eigenvalue weighted by Gasteiger charge is -2.07. The van der Waals surface area contributed by atoms with E-state index in [-0.39, 0.29) is 12.5 Å². The molecule has 0 aliphatic heterocycles. The highest BCUT2D eigenvalue weighted by molar-refractivity contribution is 5.94. The van der Waals surface area contributed by atoms with Crippen LogP contribution in [0.5, 0.6) is 0 Å². The molecule has 0 aliphatic carbocycles. The number of amides is 1. The van der Waals surface area contributed by atoms with Gasteiger partial charge in [-0.1, -0.05) is 12.1 Å². The number of anilines is 3. The van der Waals surface area contributed by atoms with Crippen molar-refractivity contribution < 1.29 is 4.79 Å². The van der Waals surface area contributed by atoms with Gasteiger partial charge in [0.1, 0.15) is 6.54 Å². The molecule has 2 aromatic carbocycles. The molecule has 0 saturated carbocycles. The van der Waals surface area contributed by atoms with Gasteiger partial charge < -0.3 is 16.4 Å². The molecule has 7 nitrogen and oxygen atoms in total. The average Bonchev–Trinajstić information content (AvgIpc) is 2.68. The van der Waals surface area contributed by atoms with Gasteiger partial charge in [-0.25, -0.2) is 9.97 Å². The summed E-state index contributed by atoms with van der Waals surface area (Å²) in [7, 11) is 0. The van der Waals surface area contributed by atoms with Gasteiger partial charge >= 0.3 is 0 Å². The highest BCUT2D eigenvalue weighted by Gasteiger charge is 2.07. The fourth-order valence-electron chi connectivity index (χ4n) is 2.29. The second-order valence-electron chi connectivity index (χ2n) is 5.43. The molecule has 3 rings (SSSR count). The Balaban J connectivity index is 1.76. The highest BCUT2D eigenvalue weighted by atomic mass is 16.1. The molecule has 1 heterocycles. The van der Waals surface area contributed by atoms with Crippen molar-refractivity contribution in [3.8, 4) is 17.3 Å². The third kappa shape index (κ3) is 4.13. The van der Waals surface area contributed by atoms with Crippen LogP contribution >= 0.6 is 0 Å². The van der Waals surface area contributed by atoms with Gasteiger partial charge in [-0.15, -0.1) is 0 Å². The molecule has 26 heavy (non-hydrogen) atoms. The number of rotatable bonds is 5. The molecule has 3 aromatic rings. The summed E-state index contributed by atoms with van der Waals surface area (Å²) in [5.41, 5.74) is 9.26. The van der Waals surface area contributed by atoms with E-state index in [4.69, 9.17) is 11.0 Å². The minimum absolute atomic E-state index is 0.0212. The van der Waals surface area contributed by atoms with Crippen molar-refractivity contribution in [2.24, 2.45) is 0 Å². The van der Waals surface area contributed by atoms with Crippen LogP contribution in [0.1, 0.15) is 10.4 Å². The maximum Gasteiger partial charge on any atom is 0.252 e. The minimum Gasteiger partial charge on any atom is -0.399 e. The number of nitrogen functional groups attached to an aromatic ring is 1. The van der Waals surface area contributed by atoms with Gasteiger partial charge in [-0.3, -0.25) is 4.79 Å². The summed E-state index contributed by atoms with van der Waals surface area (Å²) in [5.74, 6) is 0.176. The third-order valence-electron chi connectivity index (χ3n) is 3.59. The lowest BCUT2D eigenvalue weighted by Crippen LogP contribution is -2.23. The minimum atomic E-state index is -0.286. The number of carbonyl (C=O) groups excluding carboxylic acids is 1. The Morgan fingerprint density at radius 3 is 2.50 bits per heavy atom. The molecule has 4 N–H and O–H groups in total. The Kier molecular flexibility index (Phi) is 5.05. The quantitative estimate of drug-likeness (QED) is 0.484. The Bertz CT molecular complexity index is 945. The molecule has 0 aliphatic rings. The van der Waals surface area contributed by atoms with Crippen LogP contribution in [0.2, 0.25) is 0 Å². The molecule has 0 atom stereocenters. The van der Waals surface area contributed by atoms with Gasteiger partial charge in [0.05, 0.1) is 11.8 Å². The van der Waals surface area contributed by atoms with Crippen LogP contribution in [0.25, 0.3) is 11.3 Å².